The van der Waals surface area contributed by atoms with Crippen LogP contribution in [0.25, 0.3) is 10.4 Å². The van der Waals surface area contributed by atoms with Crippen LogP contribution in [-0.4, -0.2) is 33.2 Å². The zero-order chi connectivity index (χ0) is 15.8. The molecule has 2 fully saturated rings. The molecule has 2 atom stereocenters. The van der Waals surface area contributed by atoms with Gasteiger partial charge in [-0.25, -0.2) is 0 Å². The maximum atomic E-state index is 13.0. The maximum Gasteiger partial charge on any atom is 0.254 e. The van der Waals surface area contributed by atoms with Gasteiger partial charge in [0, 0.05) is 41.7 Å². The fourth-order valence-electron chi connectivity index (χ4n) is 4.19. The number of carbonyl (C=O) groups is 1. The molecule has 1 saturated heterocycles. The molecule has 0 bridgehead atoms. The number of fused-ring (bicyclic) bond motifs is 1. The molecule has 0 aromatic carbocycles. The van der Waals surface area contributed by atoms with E-state index in [4.69, 9.17) is 0 Å². The summed E-state index contributed by atoms with van der Waals surface area (Å²) in [5.74, 6) is 0.964. The van der Waals surface area contributed by atoms with E-state index in [1.165, 1.54) is 32.1 Å². The molecule has 2 aromatic rings. The number of hydrogen-bond acceptors (Lipinski definition) is 3. The third kappa shape index (κ3) is 3.14. The quantitative estimate of drug-likeness (QED) is 0.799. The molecule has 0 radical (unpaired) electrons. The fourth-order valence-corrected chi connectivity index (χ4v) is 5.05. The Balaban J connectivity index is 0.00000169. The second-order valence-corrected chi connectivity index (χ2v) is 7.77. The van der Waals surface area contributed by atoms with Gasteiger partial charge in [0.15, 0.2) is 0 Å². The van der Waals surface area contributed by atoms with Crippen LogP contribution in [0.1, 0.15) is 56.3 Å². The molecule has 0 N–H and O–H groups in total. The first-order valence-electron chi connectivity index (χ1n) is 8.61. The number of thiophene rings is 1. The van der Waals surface area contributed by atoms with Crippen molar-refractivity contribution in [2.24, 2.45) is 13.0 Å². The summed E-state index contributed by atoms with van der Waals surface area (Å²) in [6.45, 7) is 0.929. The first kappa shape index (κ1) is 17.2. The molecular formula is C19H27N3OS. The van der Waals surface area contributed by atoms with Gasteiger partial charge in [-0.05, 0) is 37.7 Å². The largest absolute Gasteiger partial charge is 0.335 e. The van der Waals surface area contributed by atoms with Gasteiger partial charge in [0.1, 0.15) is 0 Å². The third-order valence-electron chi connectivity index (χ3n) is 5.34. The van der Waals surface area contributed by atoms with Gasteiger partial charge in [-0.15, -0.1) is 11.3 Å². The average Bonchev–Trinajstić information content (AvgIpc) is 3.22. The lowest BCUT2D eigenvalue weighted by atomic mass is 9.78. The first-order chi connectivity index (χ1) is 11.2. The van der Waals surface area contributed by atoms with Crippen molar-refractivity contribution in [1.29, 1.82) is 0 Å². The van der Waals surface area contributed by atoms with Crippen molar-refractivity contribution in [2.75, 3.05) is 6.54 Å². The monoisotopic (exact) mass is 345 g/mol. The normalized spacial score (nSPS) is 23.5. The van der Waals surface area contributed by atoms with Crippen molar-refractivity contribution in [2.45, 2.75) is 52.0 Å². The first-order valence-corrected chi connectivity index (χ1v) is 9.49. The highest BCUT2D eigenvalue weighted by Crippen LogP contribution is 2.36. The minimum absolute atomic E-state index is 0. The van der Waals surface area contributed by atoms with Crippen LogP contribution in [0.15, 0.2) is 23.8 Å². The van der Waals surface area contributed by atoms with E-state index in [1.807, 2.05) is 30.9 Å². The van der Waals surface area contributed by atoms with Gasteiger partial charge in [-0.3, -0.25) is 9.48 Å². The lowest BCUT2D eigenvalue weighted by molar-refractivity contribution is 0.0391. The van der Waals surface area contributed by atoms with Crippen molar-refractivity contribution in [3.63, 3.8) is 0 Å². The molecule has 2 aliphatic rings. The van der Waals surface area contributed by atoms with E-state index in [2.05, 4.69) is 10.00 Å². The Morgan fingerprint density at radius 1 is 1.25 bits per heavy atom. The van der Waals surface area contributed by atoms with Crippen molar-refractivity contribution in [3.8, 4) is 10.4 Å². The zero-order valence-corrected chi connectivity index (χ0v) is 14.4. The van der Waals surface area contributed by atoms with E-state index < -0.39 is 0 Å². The summed E-state index contributed by atoms with van der Waals surface area (Å²) in [6, 6.07) is 2.52. The highest BCUT2D eigenvalue weighted by Gasteiger charge is 2.36. The summed E-state index contributed by atoms with van der Waals surface area (Å²) in [6.07, 6.45) is 11.4. The van der Waals surface area contributed by atoms with Gasteiger partial charge < -0.3 is 4.90 Å². The number of rotatable bonds is 2. The highest BCUT2D eigenvalue weighted by molar-refractivity contribution is 7.13. The molecule has 4 rings (SSSR count). The molecule has 1 saturated carbocycles. The van der Waals surface area contributed by atoms with Crippen molar-refractivity contribution >= 4 is 17.2 Å². The van der Waals surface area contributed by atoms with Crippen LogP contribution in [0.5, 0.6) is 0 Å². The maximum absolute atomic E-state index is 13.0. The Morgan fingerprint density at radius 2 is 2.04 bits per heavy atom. The van der Waals surface area contributed by atoms with Crippen molar-refractivity contribution in [3.05, 3.63) is 29.4 Å². The zero-order valence-electron chi connectivity index (χ0n) is 13.6. The fraction of sp³-hybridized carbons (Fsp3) is 0.579. The van der Waals surface area contributed by atoms with E-state index in [1.54, 1.807) is 16.0 Å². The Hall–Kier alpha value is -1.62. The van der Waals surface area contributed by atoms with Gasteiger partial charge in [-0.2, -0.15) is 5.10 Å². The average molecular weight is 346 g/mol. The van der Waals surface area contributed by atoms with Crippen LogP contribution in [-0.2, 0) is 7.05 Å². The summed E-state index contributed by atoms with van der Waals surface area (Å²) in [5, 5.41) is 6.23. The predicted octanol–water partition coefficient (Wildman–Crippen LogP) is 4.58. The van der Waals surface area contributed by atoms with E-state index in [0.29, 0.717) is 6.04 Å². The number of piperidine rings is 1. The standard InChI is InChI=1S/C18H23N3OS.CH4/c1-20-11-15(10-19-20)17-9-14(12-23-17)18(22)21-8-4-6-13-5-2-3-7-16(13)21;/h9-13,16H,2-8H2,1H3;1H4. The Morgan fingerprint density at radius 3 is 2.83 bits per heavy atom. The molecule has 4 nitrogen and oxygen atoms in total. The summed E-state index contributed by atoms with van der Waals surface area (Å²) >= 11 is 1.64. The van der Waals surface area contributed by atoms with Gasteiger partial charge >= 0.3 is 0 Å². The molecule has 5 heteroatoms. The van der Waals surface area contributed by atoms with Crippen LogP contribution >= 0.6 is 11.3 Å². The Bertz CT molecular complexity index is 703. The van der Waals surface area contributed by atoms with Crippen LogP contribution in [0.4, 0.5) is 0 Å². The number of carbonyl (C=O) groups excluding carboxylic acids is 1. The second-order valence-electron chi connectivity index (χ2n) is 6.85. The van der Waals surface area contributed by atoms with E-state index in [-0.39, 0.29) is 13.3 Å². The van der Waals surface area contributed by atoms with Crippen molar-refractivity contribution in [1.82, 2.24) is 14.7 Å². The van der Waals surface area contributed by atoms with Crippen LogP contribution < -0.4 is 0 Å². The number of aromatic nitrogens is 2. The number of hydrogen-bond donors (Lipinski definition) is 0. The molecule has 130 valence electrons. The SMILES string of the molecule is C.Cn1cc(-c2cc(C(=O)N3CCCC4CCCCC43)cs2)cn1. The van der Waals surface area contributed by atoms with E-state index >= 15 is 0 Å². The van der Waals surface area contributed by atoms with Gasteiger partial charge in [-0.1, -0.05) is 20.3 Å². The smallest absolute Gasteiger partial charge is 0.254 e. The molecule has 1 aliphatic heterocycles. The number of amides is 1. The minimum Gasteiger partial charge on any atom is -0.335 e. The van der Waals surface area contributed by atoms with Crippen LogP contribution in [0.3, 0.4) is 0 Å². The molecule has 2 unspecified atom stereocenters. The lowest BCUT2D eigenvalue weighted by Crippen LogP contribution is -2.49. The van der Waals surface area contributed by atoms with Crippen LogP contribution in [0.2, 0.25) is 0 Å². The summed E-state index contributed by atoms with van der Waals surface area (Å²) in [4.78, 5) is 16.3. The van der Waals surface area contributed by atoms with Crippen LogP contribution in [0, 0.1) is 5.92 Å². The van der Waals surface area contributed by atoms with Gasteiger partial charge in [0.25, 0.3) is 5.91 Å². The number of nitrogens with zero attached hydrogens (tertiary/aromatic N) is 3. The van der Waals surface area contributed by atoms with E-state index in [0.717, 1.165) is 34.9 Å². The highest BCUT2D eigenvalue weighted by atomic mass is 32.1. The van der Waals surface area contributed by atoms with Crippen molar-refractivity contribution < 1.29 is 4.79 Å². The molecule has 2 aromatic heterocycles. The molecule has 1 amide bonds. The third-order valence-corrected chi connectivity index (χ3v) is 6.32. The molecule has 3 heterocycles. The number of likely N-dealkylation sites (tertiary alicyclic amines) is 1. The second kappa shape index (κ2) is 7.09. The van der Waals surface area contributed by atoms with Gasteiger partial charge in [0.05, 0.1) is 11.8 Å². The molecular weight excluding hydrogens is 318 g/mol. The lowest BCUT2D eigenvalue weighted by Gasteiger charge is -2.44. The summed E-state index contributed by atoms with van der Waals surface area (Å²) < 4.78 is 1.80. The molecule has 0 spiro atoms. The minimum atomic E-state index is 0. The molecule has 1 aliphatic carbocycles. The Kier molecular flexibility index (Phi) is 5.09. The molecule has 24 heavy (non-hydrogen) atoms. The van der Waals surface area contributed by atoms with Gasteiger partial charge in [0.2, 0.25) is 0 Å². The summed E-state index contributed by atoms with van der Waals surface area (Å²) in [5.41, 5.74) is 1.94. The number of aryl methyl sites for hydroxylation is 1. The summed E-state index contributed by atoms with van der Waals surface area (Å²) in [7, 11) is 1.92. The predicted molar refractivity (Wildman–Crippen MR) is 99.3 cm³/mol. The topological polar surface area (TPSA) is 38.1 Å². The van der Waals surface area contributed by atoms with E-state index in [9.17, 15) is 4.79 Å². The Labute approximate surface area is 148 Å².